The molecule has 4 heteroatoms. The molecule has 0 saturated heterocycles. The smallest absolute Gasteiger partial charge is 0.131 e. The average molecular weight is 206 g/mol. The van der Waals surface area contributed by atoms with E-state index in [0.717, 1.165) is 30.2 Å². The topological polar surface area (TPSA) is 63.8 Å². The summed E-state index contributed by atoms with van der Waals surface area (Å²) in [5.41, 5.74) is 7.60. The van der Waals surface area contributed by atoms with E-state index in [4.69, 9.17) is 5.73 Å². The Morgan fingerprint density at radius 3 is 2.93 bits per heavy atom. The lowest BCUT2D eigenvalue weighted by Crippen LogP contribution is -2.15. The zero-order chi connectivity index (χ0) is 10.7. The fourth-order valence-electron chi connectivity index (χ4n) is 1.59. The van der Waals surface area contributed by atoms with Crippen LogP contribution in [0.2, 0.25) is 0 Å². The van der Waals surface area contributed by atoms with Crippen LogP contribution in [0.5, 0.6) is 0 Å². The summed E-state index contributed by atoms with van der Waals surface area (Å²) in [6, 6.07) is 0. The van der Waals surface area contributed by atoms with Crippen molar-refractivity contribution in [1.82, 2.24) is 9.97 Å². The monoisotopic (exact) mass is 206 g/mol. The van der Waals surface area contributed by atoms with Gasteiger partial charge in [0, 0.05) is 19.0 Å². The van der Waals surface area contributed by atoms with Crippen LogP contribution in [0.4, 0.5) is 5.69 Å². The maximum atomic E-state index is 5.45. The number of aryl methyl sites for hydroxylation is 1. The molecule has 82 valence electrons. The first-order chi connectivity index (χ1) is 7.35. The minimum absolute atomic E-state index is 0.624. The molecule has 3 N–H and O–H groups in total. The second-order valence-corrected chi connectivity index (χ2v) is 3.93. The molecule has 1 aliphatic rings. The molecule has 4 nitrogen and oxygen atoms in total. The van der Waals surface area contributed by atoms with Gasteiger partial charge in [0.1, 0.15) is 5.82 Å². The largest absolute Gasteiger partial charge is 0.381 e. The first-order valence-electron chi connectivity index (χ1n) is 5.65. The van der Waals surface area contributed by atoms with Crippen molar-refractivity contribution in [2.75, 3.05) is 18.4 Å². The van der Waals surface area contributed by atoms with Gasteiger partial charge in [-0.2, -0.15) is 0 Å². The van der Waals surface area contributed by atoms with Crippen LogP contribution in [0, 0.1) is 0 Å². The van der Waals surface area contributed by atoms with Gasteiger partial charge in [-0.3, -0.25) is 0 Å². The highest BCUT2D eigenvalue weighted by atomic mass is 15.0. The standard InChI is InChI=1S/C11H18N4/c1-2-9-10(13-6-5-12)7-14-11(15-9)8-3-4-8/h7-8,13H,2-6,12H2,1H3. The fraction of sp³-hybridized carbons (Fsp3) is 0.636. The molecule has 0 radical (unpaired) electrons. The molecule has 1 aromatic rings. The SMILES string of the molecule is CCc1nc(C2CC2)ncc1NCCN. The summed E-state index contributed by atoms with van der Waals surface area (Å²) in [5, 5.41) is 3.25. The number of hydrogen-bond acceptors (Lipinski definition) is 4. The van der Waals surface area contributed by atoms with Gasteiger partial charge in [0.25, 0.3) is 0 Å². The number of nitrogens with two attached hydrogens (primary N) is 1. The third kappa shape index (κ3) is 2.45. The Morgan fingerprint density at radius 2 is 2.33 bits per heavy atom. The van der Waals surface area contributed by atoms with E-state index >= 15 is 0 Å². The van der Waals surface area contributed by atoms with Gasteiger partial charge in [0.15, 0.2) is 0 Å². The van der Waals surface area contributed by atoms with Crippen molar-refractivity contribution in [3.05, 3.63) is 17.7 Å². The maximum Gasteiger partial charge on any atom is 0.131 e. The zero-order valence-electron chi connectivity index (χ0n) is 9.16. The van der Waals surface area contributed by atoms with Gasteiger partial charge in [-0.05, 0) is 19.3 Å². The van der Waals surface area contributed by atoms with Gasteiger partial charge < -0.3 is 11.1 Å². The quantitative estimate of drug-likeness (QED) is 0.762. The molecule has 0 atom stereocenters. The highest BCUT2D eigenvalue weighted by Gasteiger charge is 2.26. The molecule has 0 unspecified atom stereocenters. The predicted molar refractivity (Wildman–Crippen MR) is 60.9 cm³/mol. The normalized spacial score (nSPS) is 15.3. The number of hydrogen-bond donors (Lipinski definition) is 2. The summed E-state index contributed by atoms with van der Waals surface area (Å²) in [6.07, 6.45) is 5.34. The Hall–Kier alpha value is -1.16. The van der Waals surface area contributed by atoms with E-state index in [9.17, 15) is 0 Å². The molecule has 1 fully saturated rings. The maximum absolute atomic E-state index is 5.45. The molecule has 0 aliphatic heterocycles. The van der Waals surface area contributed by atoms with Gasteiger partial charge >= 0.3 is 0 Å². The van der Waals surface area contributed by atoms with E-state index < -0.39 is 0 Å². The van der Waals surface area contributed by atoms with Crippen LogP contribution in [0.3, 0.4) is 0 Å². The molecule has 2 rings (SSSR count). The van der Waals surface area contributed by atoms with Crippen molar-refractivity contribution in [1.29, 1.82) is 0 Å². The van der Waals surface area contributed by atoms with Gasteiger partial charge in [-0.25, -0.2) is 9.97 Å². The number of aromatic nitrogens is 2. The highest BCUT2D eigenvalue weighted by Crippen LogP contribution is 2.38. The Labute approximate surface area is 90.3 Å². The van der Waals surface area contributed by atoms with Crippen molar-refractivity contribution < 1.29 is 0 Å². The van der Waals surface area contributed by atoms with E-state index in [2.05, 4.69) is 22.2 Å². The third-order valence-electron chi connectivity index (χ3n) is 2.62. The molecule has 0 spiro atoms. The zero-order valence-corrected chi connectivity index (χ0v) is 9.16. The Balaban J connectivity index is 2.15. The van der Waals surface area contributed by atoms with Gasteiger partial charge in [-0.15, -0.1) is 0 Å². The van der Waals surface area contributed by atoms with Crippen molar-refractivity contribution in [2.24, 2.45) is 5.73 Å². The summed E-state index contributed by atoms with van der Waals surface area (Å²) in [6.45, 7) is 3.53. The molecule has 1 aromatic heterocycles. The second kappa shape index (κ2) is 4.57. The summed E-state index contributed by atoms with van der Waals surface area (Å²) in [5.74, 6) is 1.64. The van der Waals surface area contributed by atoms with Crippen LogP contribution in [-0.4, -0.2) is 23.1 Å². The van der Waals surface area contributed by atoms with E-state index in [-0.39, 0.29) is 0 Å². The van der Waals surface area contributed by atoms with Crippen LogP contribution in [0.1, 0.15) is 37.2 Å². The molecule has 0 amide bonds. The van der Waals surface area contributed by atoms with Crippen molar-refractivity contribution in [2.45, 2.75) is 32.1 Å². The first-order valence-corrected chi connectivity index (χ1v) is 5.65. The fourth-order valence-corrected chi connectivity index (χ4v) is 1.59. The van der Waals surface area contributed by atoms with Gasteiger partial charge in [0.2, 0.25) is 0 Å². The van der Waals surface area contributed by atoms with E-state index in [1.165, 1.54) is 12.8 Å². The number of rotatable bonds is 5. The third-order valence-corrected chi connectivity index (χ3v) is 2.62. The Kier molecular flexibility index (Phi) is 3.16. The predicted octanol–water partition coefficient (Wildman–Crippen LogP) is 1.29. The molecule has 15 heavy (non-hydrogen) atoms. The summed E-state index contributed by atoms with van der Waals surface area (Å²) < 4.78 is 0. The van der Waals surface area contributed by atoms with Crippen molar-refractivity contribution in [3.63, 3.8) is 0 Å². The second-order valence-electron chi connectivity index (χ2n) is 3.93. The van der Waals surface area contributed by atoms with Crippen LogP contribution in [0.25, 0.3) is 0 Å². The molecular formula is C11H18N4. The van der Waals surface area contributed by atoms with E-state index in [1.54, 1.807) is 0 Å². The molecule has 1 saturated carbocycles. The van der Waals surface area contributed by atoms with Gasteiger partial charge in [-0.1, -0.05) is 6.92 Å². The minimum Gasteiger partial charge on any atom is -0.381 e. The molecule has 0 aromatic carbocycles. The van der Waals surface area contributed by atoms with Crippen molar-refractivity contribution in [3.8, 4) is 0 Å². The lowest BCUT2D eigenvalue weighted by atomic mass is 10.2. The molecule has 1 aliphatic carbocycles. The van der Waals surface area contributed by atoms with Crippen LogP contribution in [-0.2, 0) is 6.42 Å². The first kappa shape index (κ1) is 10.4. The number of nitrogens with one attached hydrogen (secondary N) is 1. The van der Waals surface area contributed by atoms with Crippen LogP contribution < -0.4 is 11.1 Å². The Bertz CT molecular complexity index is 333. The van der Waals surface area contributed by atoms with Crippen molar-refractivity contribution >= 4 is 5.69 Å². The molecular weight excluding hydrogens is 188 g/mol. The van der Waals surface area contributed by atoms with Crippen LogP contribution in [0.15, 0.2) is 6.20 Å². The summed E-state index contributed by atoms with van der Waals surface area (Å²) in [4.78, 5) is 8.98. The van der Waals surface area contributed by atoms with E-state index in [1.807, 2.05) is 6.20 Å². The molecule has 1 heterocycles. The van der Waals surface area contributed by atoms with Crippen LogP contribution >= 0.6 is 0 Å². The summed E-state index contributed by atoms with van der Waals surface area (Å²) in [7, 11) is 0. The van der Waals surface area contributed by atoms with E-state index in [0.29, 0.717) is 12.5 Å². The number of nitrogens with zero attached hydrogens (tertiary/aromatic N) is 2. The average Bonchev–Trinajstić information content (AvgIpc) is 3.10. The molecule has 0 bridgehead atoms. The minimum atomic E-state index is 0.624. The lowest BCUT2D eigenvalue weighted by molar-refractivity contribution is 0.874. The number of anilines is 1. The highest BCUT2D eigenvalue weighted by molar-refractivity contribution is 5.46. The Morgan fingerprint density at radius 1 is 1.53 bits per heavy atom. The summed E-state index contributed by atoms with van der Waals surface area (Å²) >= 11 is 0. The lowest BCUT2D eigenvalue weighted by Gasteiger charge is -2.09. The van der Waals surface area contributed by atoms with Gasteiger partial charge in [0.05, 0.1) is 17.6 Å².